The molecule has 1 aliphatic carbocycles. The molecule has 0 aromatic heterocycles. The van der Waals surface area contributed by atoms with Crippen LogP contribution in [0.5, 0.6) is 0 Å². The zero-order valence-electron chi connectivity index (χ0n) is 8.54. The van der Waals surface area contributed by atoms with E-state index in [1.54, 1.807) is 0 Å². The van der Waals surface area contributed by atoms with E-state index in [0.29, 0.717) is 6.42 Å². The van der Waals surface area contributed by atoms with E-state index in [2.05, 4.69) is 13.8 Å². The molecule has 0 bridgehead atoms. The predicted molar refractivity (Wildman–Crippen MR) is 49.2 cm³/mol. The highest BCUT2D eigenvalue weighted by molar-refractivity contribution is 5.66. The van der Waals surface area contributed by atoms with Gasteiger partial charge >= 0.3 is 5.97 Å². The lowest BCUT2D eigenvalue weighted by molar-refractivity contribution is -0.152. The summed E-state index contributed by atoms with van der Waals surface area (Å²) >= 11 is 0. The van der Waals surface area contributed by atoms with E-state index in [9.17, 15) is 9.90 Å². The maximum Gasteiger partial charge on any atom is 0.302 e. The molecule has 1 aliphatic rings. The van der Waals surface area contributed by atoms with Gasteiger partial charge in [-0.2, -0.15) is 0 Å². The van der Waals surface area contributed by atoms with Gasteiger partial charge in [0, 0.05) is 13.3 Å². The Balaban J connectivity index is 2.52. The van der Waals surface area contributed by atoms with Crippen LogP contribution in [0.3, 0.4) is 0 Å². The van der Waals surface area contributed by atoms with E-state index < -0.39 is 0 Å². The van der Waals surface area contributed by atoms with Crippen LogP contribution in [0.4, 0.5) is 0 Å². The molecule has 3 nitrogen and oxygen atoms in total. The average molecular weight is 186 g/mol. The Morgan fingerprint density at radius 3 is 2.54 bits per heavy atom. The Hall–Kier alpha value is -0.570. The maximum atomic E-state index is 10.7. The fourth-order valence-electron chi connectivity index (χ4n) is 2.13. The molecule has 0 radical (unpaired) electrons. The number of esters is 1. The summed E-state index contributed by atoms with van der Waals surface area (Å²) in [6, 6.07) is 0. The molecule has 0 aromatic rings. The highest BCUT2D eigenvalue weighted by Crippen LogP contribution is 2.36. The minimum absolute atomic E-state index is 0.0811. The molecule has 3 heteroatoms. The van der Waals surface area contributed by atoms with E-state index in [0.717, 1.165) is 12.8 Å². The summed E-state index contributed by atoms with van der Waals surface area (Å²) in [5.74, 6) is -0.255. The molecule has 76 valence electrons. The van der Waals surface area contributed by atoms with Crippen LogP contribution in [0.2, 0.25) is 0 Å². The lowest BCUT2D eigenvalue weighted by atomic mass is 9.75. The molecule has 0 amide bonds. The second-order valence-corrected chi connectivity index (χ2v) is 4.69. The summed E-state index contributed by atoms with van der Waals surface area (Å²) in [4.78, 5) is 10.7. The van der Waals surface area contributed by atoms with Gasteiger partial charge in [-0.3, -0.25) is 4.79 Å². The first-order valence-electron chi connectivity index (χ1n) is 4.74. The van der Waals surface area contributed by atoms with E-state index in [1.807, 2.05) is 0 Å². The first-order valence-corrected chi connectivity index (χ1v) is 4.74. The third-order valence-corrected chi connectivity index (χ3v) is 2.44. The molecular weight excluding hydrogens is 168 g/mol. The van der Waals surface area contributed by atoms with Crippen molar-refractivity contribution in [3.8, 4) is 0 Å². The van der Waals surface area contributed by atoms with Crippen LogP contribution in [-0.2, 0) is 9.53 Å². The summed E-state index contributed by atoms with van der Waals surface area (Å²) in [5, 5.41) is 9.54. The van der Waals surface area contributed by atoms with Crippen molar-refractivity contribution in [2.75, 3.05) is 0 Å². The predicted octanol–water partition coefficient (Wildman–Crippen LogP) is 1.49. The third-order valence-electron chi connectivity index (χ3n) is 2.44. The zero-order chi connectivity index (χ0) is 10.1. The fourth-order valence-corrected chi connectivity index (χ4v) is 2.13. The van der Waals surface area contributed by atoms with Gasteiger partial charge in [0.05, 0.1) is 6.10 Å². The first-order chi connectivity index (χ1) is 5.89. The lowest BCUT2D eigenvalue weighted by Crippen LogP contribution is -2.36. The minimum atomic E-state index is -0.326. The molecule has 1 fully saturated rings. The van der Waals surface area contributed by atoms with Crippen LogP contribution >= 0.6 is 0 Å². The summed E-state index contributed by atoms with van der Waals surface area (Å²) < 4.78 is 5.10. The van der Waals surface area contributed by atoms with E-state index in [4.69, 9.17) is 4.74 Å². The van der Waals surface area contributed by atoms with Gasteiger partial charge in [-0.15, -0.1) is 0 Å². The summed E-state index contributed by atoms with van der Waals surface area (Å²) in [6.07, 6.45) is 1.81. The van der Waals surface area contributed by atoms with Gasteiger partial charge in [-0.05, 0) is 18.3 Å². The normalized spacial score (nSPS) is 32.6. The number of hydrogen-bond donors (Lipinski definition) is 1. The smallest absolute Gasteiger partial charge is 0.302 e. The van der Waals surface area contributed by atoms with Crippen molar-refractivity contribution < 1.29 is 14.6 Å². The third kappa shape index (κ3) is 3.35. The molecule has 0 aromatic carbocycles. The highest BCUT2D eigenvalue weighted by atomic mass is 16.5. The van der Waals surface area contributed by atoms with Crippen molar-refractivity contribution in [2.45, 2.75) is 52.2 Å². The minimum Gasteiger partial charge on any atom is -0.462 e. The SMILES string of the molecule is CC(=O)OC1CC(O)CC(C)(C)C1. The van der Waals surface area contributed by atoms with Gasteiger partial charge in [0.2, 0.25) is 0 Å². The number of carbonyl (C=O) groups is 1. The molecule has 1 N–H and O–H groups in total. The maximum absolute atomic E-state index is 10.7. The Kier molecular flexibility index (Phi) is 2.96. The molecule has 13 heavy (non-hydrogen) atoms. The van der Waals surface area contributed by atoms with Gasteiger partial charge in [-0.25, -0.2) is 0 Å². The summed E-state index contributed by atoms with van der Waals surface area (Å²) in [7, 11) is 0. The number of carbonyl (C=O) groups excluding carboxylic acids is 1. The van der Waals surface area contributed by atoms with Crippen molar-refractivity contribution in [3.63, 3.8) is 0 Å². The number of aliphatic hydroxyl groups is 1. The van der Waals surface area contributed by atoms with Crippen LogP contribution in [0.15, 0.2) is 0 Å². The second kappa shape index (κ2) is 3.66. The first kappa shape index (κ1) is 10.5. The highest BCUT2D eigenvalue weighted by Gasteiger charge is 2.34. The molecule has 0 aliphatic heterocycles. The molecular formula is C10H18O3. The van der Waals surface area contributed by atoms with Crippen molar-refractivity contribution in [3.05, 3.63) is 0 Å². The molecule has 0 spiro atoms. The van der Waals surface area contributed by atoms with Gasteiger partial charge in [0.25, 0.3) is 0 Å². The summed E-state index contributed by atoms with van der Waals surface area (Å²) in [6.45, 7) is 5.59. The number of rotatable bonds is 1. The molecule has 0 saturated heterocycles. The Bertz CT molecular complexity index is 198. The zero-order valence-corrected chi connectivity index (χ0v) is 8.54. The van der Waals surface area contributed by atoms with Gasteiger partial charge < -0.3 is 9.84 Å². The standard InChI is InChI=1S/C10H18O3/c1-7(11)13-9-4-8(12)5-10(2,3)6-9/h8-9,12H,4-6H2,1-3H3. The number of aliphatic hydroxyl groups excluding tert-OH is 1. The second-order valence-electron chi connectivity index (χ2n) is 4.69. The van der Waals surface area contributed by atoms with Gasteiger partial charge in [0.1, 0.15) is 6.10 Å². The fraction of sp³-hybridized carbons (Fsp3) is 0.900. The van der Waals surface area contributed by atoms with Crippen molar-refractivity contribution in [1.29, 1.82) is 0 Å². The van der Waals surface area contributed by atoms with Crippen LogP contribution < -0.4 is 0 Å². The largest absolute Gasteiger partial charge is 0.462 e. The quantitative estimate of drug-likeness (QED) is 0.631. The van der Waals surface area contributed by atoms with E-state index >= 15 is 0 Å². The van der Waals surface area contributed by atoms with Crippen LogP contribution in [-0.4, -0.2) is 23.3 Å². The number of hydrogen-bond acceptors (Lipinski definition) is 3. The van der Waals surface area contributed by atoms with Crippen LogP contribution in [0.25, 0.3) is 0 Å². The monoisotopic (exact) mass is 186 g/mol. The Labute approximate surface area is 79.1 Å². The summed E-state index contributed by atoms with van der Waals surface area (Å²) in [5.41, 5.74) is 0.0811. The Morgan fingerprint density at radius 1 is 1.46 bits per heavy atom. The lowest BCUT2D eigenvalue weighted by Gasteiger charge is -2.37. The van der Waals surface area contributed by atoms with E-state index in [-0.39, 0.29) is 23.6 Å². The van der Waals surface area contributed by atoms with Crippen LogP contribution in [0.1, 0.15) is 40.0 Å². The van der Waals surface area contributed by atoms with Gasteiger partial charge in [-0.1, -0.05) is 13.8 Å². The molecule has 0 heterocycles. The molecule has 2 unspecified atom stereocenters. The average Bonchev–Trinajstić information content (AvgIpc) is 1.78. The van der Waals surface area contributed by atoms with Crippen molar-refractivity contribution in [1.82, 2.24) is 0 Å². The number of ether oxygens (including phenoxy) is 1. The topological polar surface area (TPSA) is 46.5 Å². The van der Waals surface area contributed by atoms with Gasteiger partial charge in [0.15, 0.2) is 0 Å². The molecule has 1 saturated carbocycles. The van der Waals surface area contributed by atoms with Crippen LogP contribution in [0, 0.1) is 5.41 Å². The Morgan fingerprint density at radius 2 is 2.08 bits per heavy atom. The van der Waals surface area contributed by atoms with Crippen molar-refractivity contribution in [2.24, 2.45) is 5.41 Å². The molecule has 2 atom stereocenters. The van der Waals surface area contributed by atoms with Crippen molar-refractivity contribution >= 4 is 5.97 Å². The molecule has 1 rings (SSSR count). The van der Waals surface area contributed by atoms with E-state index in [1.165, 1.54) is 6.92 Å².